The number of thiophene rings is 1. The van der Waals surface area contributed by atoms with Crippen LogP contribution in [0.3, 0.4) is 0 Å². The lowest BCUT2D eigenvalue weighted by atomic mass is 9.99. The van der Waals surface area contributed by atoms with Gasteiger partial charge in [0.15, 0.2) is 0 Å². The molecule has 2 aromatic carbocycles. The minimum atomic E-state index is -0.593. The second kappa shape index (κ2) is 8.70. The van der Waals surface area contributed by atoms with Crippen LogP contribution in [0.2, 0.25) is 0 Å². The maximum absolute atomic E-state index is 12.6. The fraction of sp³-hybridized carbons (Fsp3) is 0.136. The van der Waals surface area contributed by atoms with E-state index in [2.05, 4.69) is 10.6 Å². The lowest BCUT2D eigenvalue weighted by molar-refractivity contribution is -0.114. The number of carbonyl (C=O) groups excluding carboxylic acids is 3. The maximum atomic E-state index is 12.6. The van der Waals surface area contributed by atoms with E-state index in [1.807, 2.05) is 37.3 Å². The molecule has 0 bridgehead atoms. The smallest absolute Gasteiger partial charge is 0.256 e. The molecule has 0 radical (unpaired) electrons. The average molecular weight is 407 g/mol. The van der Waals surface area contributed by atoms with Crippen LogP contribution in [0.25, 0.3) is 0 Å². The normalized spacial score (nSPS) is 11.5. The van der Waals surface area contributed by atoms with E-state index in [1.165, 1.54) is 18.3 Å². The summed E-state index contributed by atoms with van der Waals surface area (Å²) in [5, 5.41) is 5.86. The molecule has 7 heteroatoms. The van der Waals surface area contributed by atoms with Gasteiger partial charge in [0.25, 0.3) is 11.8 Å². The first kappa shape index (κ1) is 20.3. The highest BCUT2D eigenvalue weighted by molar-refractivity contribution is 7.16. The second-order valence-electron chi connectivity index (χ2n) is 6.60. The summed E-state index contributed by atoms with van der Waals surface area (Å²) in [6.07, 6.45) is 0. The highest BCUT2D eigenvalue weighted by atomic mass is 32.1. The number of hydrogen-bond donors (Lipinski definition) is 3. The monoisotopic (exact) mass is 407 g/mol. The number of amides is 3. The van der Waals surface area contributed by atoms with Gasteiger partial charge in [0.05, 0.1) is 5.56 Å². The molecule has 1 atom stereocenters. The number of carbonyl (C=O) groups is 3. The molecule has 1 aromatic heterocycles. The predicted molar refractivity (Wildman–Crippen MR) is 115 cm³/mol. The van der Waals surface area contributed by atoms with E-state index in [-0.39, 0.29) is 23.3 Å². The van der Waals surface area contributed by atoms with Crippen molar-refractivity contribution in [3.8, 4) is 0 Å². The van der Waals surface area contributed by atoms with Gasteiger partial charge in [-0.2, -0.15) is 0 Å². The molecular formula is C22H21N3O3S. The number of benzene rings is 2. The van der Waals surface area contributed by atoms with Crippen molar-refractivity contribution in [1.82, 2.24) is 0 Å². The predicted octanol–water partition coefficient (Wildman–Crippen LogP) is 4.21. The van der Waals surface area contributed by atoms with Gasteiger partial charge in [0.2, 0.25) is 5.91 Å². The molecule has 3 rings (SSSR count). The van der Waals surface area contributed by atoms with Crippen molar-refractivity contribution in [2.75, 3.05) is 10.6 Å². The highest BCUT2D eigenvalue weighted by Gasteiger charge is 2.20. The van der Waals surface area contributed by atoms with Crippen molar-refractivity contribution < 1.29 is 14.4 Å². The van der Waals surface area contributed by atoms with Gasteiger partial charge in [-0.1, -0.05) is 37.3 Å². The van der Waals surface area contributed by atoms with Crippen molar-refractivity contribution in [1.29, 1.82) is 0 Å². The first-order valence-corrected chi connectivity index (χ1v) is 9.84. The minimum Gasteiger partial charge on any atom is -0.366 e. The van der Waals surface area contributed by atoms with E-state index in [1.54, 1.807) is 30.3 Å². The molecule has 0 aliphatic heterocycles. The van der Waals surface area contributed by atoms with Gasteiger partial charge < -0.3 is 16.4 Å². The summed E-state index contributed by atoms with van der Waals surface area (Å²) in [6, 6.07) is 18.1. The van der Waals surface area contributed by atoms with Crippen LogP contribution in [-0.2, 0) is 4.79 Å². The Morgan fingerprint density at radius 3 is 2.21 bits per heavy atom. The molecule has 3 aromatic rings. The third kappa shape index (κ3) is 4.89. The van der Waals surface area contributed by atoms with E-state index in [0.29, 0.717) is 16.3 Å². The summed E-state index contributed by atoms with van der Waals surface area (Å²) in [7, 11) is 0. The molecule has 0 fully saturated rings. The van der Waals surface area contributed by atoms with Gasteiger partial charge in [0, 0.05) is 29.0 Å². The summed E-state index contributed by atoms with van der Waals surface area (Å²) < 4.78 is 0. The zero-order chi connectivity index (χ0) is 21.0. The summed E-state index contributed by atoms with van der Waals surface area (Å²) in [5.41, 5.74) is 7.92. The molecule has 0 saturated carbocycles. The Labute approximate surface area is 172 Å². The number of hydrogen-bond acceptors (Lipinski definition) is 4. The Bertz CT molecular complexity index is 1040. The van der Waals surface area contributed by atoms with Crippen LogP contribution >= 0.6 is 11.3 Å². The molecule has 4 N–H and O–H groups in total. The first-order chi connectivity index (χ1) is 13.8. The molecule has 29 heavy (non-hydrogen) atoms. The zero-order valence-corrected chi connectivity index (χ0v) is 16.9. The third-order valence-electron chi connectivity index (χ3n) is 4.44. The molecule has 6 nitrogen and oxygen atoms in total. The van der Waals surface area contributed by atoms with Crippen molar-refractivity contribution in [3.05, 3.63) is 82.2 Å². The topological polar surface area (TPSA) is 101 Å². The Morgan fingerprint density at radius 2 is 1.62 bits per heavy atom. The molecule has 3 amide bonds. The zero-order valence-electron chi connectivity index (χ0n) is 16.1. The quantitative estimate of drug-likeness (QED) is 0.570. The van der Waals surface area contributed by atoms with Crippen LogP contribution in [-0.4, -0.2) is 17.7 Å². The lowest BCUT2D eigenvalue weighted by Crippen LogP contribution is -2.16. The Morgan fingerprint density at radius 1 is 0.966 bits per heavy atom. The Balaban J connectivity index is 1.82. The first-order valence-electron chi connectivity index (χ1n) is 9.02. The molecule has 1 unspecified atom stereocenters. The van der Waals surface area contributed by atoms with Crippen LogP contribution in [0.15, 0.2) is 60.7 Å². The summed E-state index contributed by atoms with van der Waals surface area (Å²) in [5.74, 6) is -1.08. The molecule has 0 aliphatic rings. The fourth-order valence-corrected chi connectivity index (χ4v) is 4.03. The molecule has 148 valence electrons. The van der Waals surface area contributed by atoms with Crippen molar-refractivity contribution in [2.24, 2.45) is 5.73 Å². The van der Waals surface area contributed by atoms with E-state index >= 15 is 0 Å². The van der Waals surface area contributed by atoms with Crippen molar-refractivity contribution >= 4 is 39.7 Å². The summed E-state index contributed by atoms with van der Waals surface area (Å²) in [6.45, 7) is 3.45. The number of rotatable bonds is 6. The van der Waals surface area contributed by atoms with E-state index in [0.717, 1.165) is 10.4 Å². The van der Waals surface area contributed by atoms with Gasteiger partial charge >= 0.3 is 0 Å². The van der Waals surface area contributed by atoms with Crippen LogP contribution < -0.4 is 16.4 Å². The standard InChI is InChI=1S/C22H21N3O3S/c1-13(15-6-4-3-5-7-15)19-12-18(20(23)27)22(29-19)25-21(28)16-8-10-17(11-9-16)24-14(2)26/h3-13H,1-2H3,(H2,23,27)(H,24,26)(H,25,28). The Kier molecular flexibility index (Phi) is 6.09. The van der Waals surface area contributed by atoms with E-state index in [9.17, 15) is 14.4 Å². The van der Waals surface area contributed by atoms with Gasteiger partial charge in [-0.15, -0.1) is 11.3 Å². The van der Waals surface area contributed by atoms with Crippen molar-refractivity contribution in [3.63, 3.8) is 0 Å². The minimum absolute atomic E-state index is 0.0573. The van der Waals surface area contributed by atoms with Crippen LogP contribution in [0.1, 0.15) is 50.9 Å². The van der Waals surface area contributed by atoms with Gasteiger partial charge in [0.1, 0.15) is 5.00 Å². The average Bonchev–Trinajstić information content (AvgIpc) is 3.12. The van der Waals surface area contributed by atoms with Crippen molar-refractivity contribution in [2.45, 2.75) is 19.8 Å². The maximum Gasteiger partial charge on any atom is 0.256 e. The molecule has 0 spiro atoms. The second-order valence-corrected chi connectivity index (χ2v) is 7.68. The largest absolute Gasteiger partial charge is 0.366 e. The van der Waals surface area contributed by atoms with Gasteiger partial charge in [-0.3, -0.25) is 14.4 Å². The van der Waals surface area contributed by atoms with Gasteiger partial charge in [-0.05, 0) is 35.9 Å². The molecule has 0 aliphatic carbocycles. The van der Waals surface area contributed by atoms with Gasteiger partial charge in [-0.25, -0.2) is 0 Å². The van der Waals surface area contributed by atoms with Crippen LogP contribution in [0, 0.1) is 0 Å². The SMILES string of the molecule is CC(=O)Nc1ccc(C(=O)Nc2sc(C(C)c3ccccc3)cc2C(N)=O)cc1. The highest BCUT2D eigenvalue weighted by Crippen LogP contribution is 2.36. The molecule has 0 saturated heterocycles. The number of primary amides is 1. The molecular weight excluding hydrogens is 386 g/mol. The summed E-state index contributed by atoms with van der Waals surface area (Å²) >= 11 is 1.34. The third-order valence-corrected chi connectivity index (χ3v) is 5.67. The van der Waals surface area contributed by atoms with E-state index < -0.39 is 5.91 Å². The van der Waals surface area contributed by atoms with E-state index in [4.69, 9.17) is 5.73 Å². The summed E-state index contributed by atoms with van der Waals surface area (Å²) in [4.78, 5) is 36.6. The lowest BCUT2D eigenvalue weighted by Gasteiger charge is -2.09. The Hall–Kier alpha value is -3.45. The van der Waals surface area contributed by atoms with Crippen LogP contribution in [0.5, 0.6) is 0 Å². The number of nitrogens with two attached hydrogens (primary N) is 1. The number of anilines is 2. The van der Waals surface area contributed by atoms with Crippen LogP contribution in [0.4, 0.5) is 10.7 Å². The number of nitrogens with one attached hydrogen (secondary N) is 2. The molecule has 1 heterocycles. The fourth-order valence-electron chi connectivity index (χ4n) is 2.89.